The third-order valence-electron chi connectivity index (χ3n) is 4.51. The predicted octanol–water partition coefficient (Wildman–Crippen LogP) is 3.37. The van der Waals surface area contributed by atoms with Crippen molar-refractivity contribution in [3.05, 3.63) is 63.7 Å². The smallest absolute Gasteiger partial charge is 0.253 e. The highest BCUT2D eigenvalue weighted by molar-refractivity contribution is 7.90. The molecular weight excluding hydrogens is 388 g/mol. The van der Waals surface area contributed by atoms with E-state index in [0.29, 0.717) is 17.2 Å². The minimum atomic E-state index is -3.24. The fourth-order valence-corrected chi connectivity index (χ4v) is 5.02. The summed E-state index contributed by atoms with van der Waals surface area (Å²) in [6, 6.07) is 8.95. The van der Waals surface area contributed by atoms with Crippen LogP contribution in [0.15, 0.2) is 41.3 Å². The summed E-state index contributed by atoms with van der Waals surface area (Å²) >= 11 is 0. The maximum Gasteiger partial charge on any atom is 0.253 e. The third kappa shape index (κ3) is 5.41. The summed E-state index contributed by atoms with van der Waals surface area (Å²) in [7, 11) is -3.24. The molecular formula is C21H26N4O3S. The lowest BCUT2D eigenvalue weighted by molar-refractivity contribution is 0.581. The van der Waals surface area contributed by atoms with Crippen molar-refractivity contribution < 1.29 is 8.42 Å². The molecule has 154 valence electrons. The summed E-state index contributed by atoms with van der Waals surface area (Å²) in [6.07, 6.45) is 1.52. The van der Waals surface area contributed by atoms with Crippen molar-refractivity contribution in [3.8, 4) is 0 Å². The van der Waals surface area contributed by atoms with Gasteiger partial charge in [-0.25, -0.2) is 18.4 Å². The normalized spacial score (nSPS) is 13.0. The van der Waals surface area contributed by atoms with Crippen LogP contribution in [0.2, 0.25) is 0 Å². The number of fused-ring (bicyclic) bond motifs is 1. The lowest BCUT2D eigenvalue weighted by Crippen LogP contribution is -2.20. The number of aromatic amines is 1. The number of nitrogens with one attached hydrogen (secondary N) is 2. The number of anilines is 1. The van der Waals surface area contributed by atoms with E-state index in [2.05, 4.69) is 20.3 Å². The van der Waals surface area contributed by atoms with Gasteiger partial charge in [0.25, 0.3) is 5.56 Å². The van der Waals surface area contributed by atoms with Gasteiger partial charge in [0, 0.05) is 17.3 Å². The van der Waals surface area contributed by atoms with Crippen molar-refractivity contribution in [2.45, 2.75) is 39.5 Å². The molecule has 2 aromatic heterocycles. The van der Waals surface area contributed by atoms with Gasteiger partial charge in [0.1, 0.15) is 0 Å². The number of sulfone groups is 1. The Bertz CT molecular complexity index is 1190. The Kier molecular flexibility index (Phi) is 6.02. The van der Waals surface area contributed by atoms with Crippen LogP contribution < -0.4 is 10.9 Å². The maximum atomic E-state index is 12.5. The van der Waals surface area contributed by atoms with E-state index >= 15 is 0 Å². The average Bonchev–Trinajstić information content (AvgIpc) is 2.60. The standard InChI is InChI=1S/C21H26N4O3S/c1-13(2)11-29(27,28)12-17-7-8-22-21(24-17)23-15(4)18-10-16-9-14(3)5-6-19(16)25-20(18)26/h5-10,13,15H,11-12H2,1-4H3,(H,25,26)(H,22,23,24)/t15-/m0/s1. The molecule has 0 radical (unpaired) electrons. The maximum absolute atomic E-state index is 12.5. The Morgan fingerprint density at radius 3 is 2.62 bits per heavy atom. The molecule has 8 heteroatoms. The van der Waals surface area contributed by atoms with E-state index < -0.39 is 9.84 Å². The van der Waals surface area contributed by atoms with Crippen molar-refractivity contribution in [3.63, 3.8) is 0 Å². The van der Waals surface area contributed by atoms with Crippen LogP contribution in [0, 0.1) is 12.8 Å². The first-order valence-corrected chi connectivity index (χ1v) is 11.4. The highest BCUT2D eigenvalue weighted by Crippen LogP contribution is 2.19. The molecule has 0 unspecified atom stereocenters. The fraction of sp³-hybridized carbons (Fsp3) is 0.381. The van der Waals surface area contributed by atoms with Gasteiger partial charge in [-0.15, -0.1) is 0 Å². The molecule has 1 atom stereocenters. The second-order valence-corrected chi connectivity index (χ2v) is 9.94. The number of rotatable bonds is 7. The van der Waals surface area contributed by atoms with E-state index in [0.717, 1.165) is 16.5 Å². The molecule has 0 saturated heterocycles. The molecule has 0 aliphatic heterocycles. The summed E-state index contributed by atoms with van der Waals surface area (Å²) in [4.78, 5) is 23.9. The quantitative estimate of drug-likeness (QED) is 0.614. The minimum absolute atomic E-state index is 0.0581. The molecule has 0 bridgehead atoms. The predicted molar refractivity (Wildman–Crippen MR) is 116 cm³/mol. The van der Waals surface area contributed by atoms with Crippen molar-refractivity contribution in [2.75, 3.05) is 11.1 Å². The highest BCUT2D eigenvalue weighted by Gasteiger charge is 2.17. The molecule has 29 heavy (non-hydrogen) atoms. The summed E-state index contributed by atoms with van der Waals surface area (Å²) in [5.74, 6) is 0.329. The van der Waals surface area contributed by atoms with Crippen LogP contribution in [-0.2, 0) is 15.6 Å². The lowest BCUT2D eigenvalue weighted by Gasteiger charge is -2.15. The van der Waals surface area contributed by atoms with Gasteiger partial charge in [-0.1, -0.05) is 25.5 Å². The topological polar surface area (TPSA) is 105 Å². The summed E-state index contributed by atoms with van der Waals surface area (Å²) < 4.78 is 24.5. The van der Waals surface area contributed by atoms with Crippen LogP contribution >= 0.6 is 0 Å². The molecule has 7 nitrogen and oxygen atoms in total. The molecule has 0 fully saturated rings. The van der Waals surface area contributed by atoms with Crippen LogP contribution in [0.1, 0.15) is 43.6 Å². The Balaban J connectivity index is 1.82. The monoisotopic (exact) mass is 414 g/mol. The number of hydrogen-bond donors (Lipinski definition) is 2. The van der Waals surface area contributed by atoms with E-state index in [1.54, 1.807) is 6.07 Å². The molecule has 0 aliphatic rings. The number of benzene rings is 1. The molecule has 0 amide bonds. The average molecular weight is 415 g/mol. The molecule has 3 rings (SSSR count). The van der Waals surface area contributed by atoms with Gasteiger partial charge in [-0.2, -0.15) is 0 Å². The molecule has 0 aliphatic carbocycles. The van der Waals surface area contributed by atoms with E-state index in [-0.39, 0.29) is 29.0 Å². The first-order chi connectivity index (χ1) is 13.6. The molecule has 2 N–H and O–H groups in total. The molecule has 0 saturated carbocycles. The van der Waals surface area contributed by atoms with Gasteiger partial charge >= 0.3 is 0 Å². The Labute approximate surface area is 170 Å². The zero-order chi connectivity index (χ0) is 21.2. The van der Waals surface area contributed by atoms with Gasteiger partial charge in [0.15, 0.2) is 9.84 Å². The van der Waals surface area contributed by atoms with Gasteiger partial charge in [0.05, 0.1) is 23.2 Å². The second kappa shape index (κ2) is 8.32. The van der Waals surface area contributed by atoms with Crippen molar-refractivity contribution >= 4 is 26.7 Å². The van der Waals surface area contributed by atoms with Crippen molar-refractivity contribution in [2.24, 2.45) is 5.92 Å². The second-order valence-electron chi connectivity index (χ2n) is 7.83. The number of aromatic nitrogens is 3. The number of pyridine rings is 1. The Morgan fingerprint density at radius 2 is 1.90 bits per heavy atom. The van der Waals surface area contributed by atoms with Crippen molar-refractivity contribution in [1.29, 1.82) is 0 Å². The van der Waals surface area contributed by atoms with Gasteiger partial charge in [0.2, 0.25) is 5.95 Å². The SMILES string of the molecule is Cc1ccc2[nH]c(=O)c([C@H](C)Nc3nccc(CS(=O)(=O)CC(C)C)n3)cc2c1. The number of nitrogens with zero attached hydrogens (tertiary/aromatic N) is 2. The van der Waals surface area contributed by atoms with E-state index in [4.69, 9.17) is 0 Å². The summed E-state index contributed by atoms with van der Waals surface area (Å²) in [5, 5.41) is 4.06. The molecule has 1 aromatic carbocycles. The Hall–Kier alpha value is -2.74. The molecule has 0 spiro atoms. The van der Waals surface area contributed by atoms with E-state index in [9.17, 15) is 13.2 Å². The third-order valence-corrected chi connectivity index (χ3v) is 6.42. The van der Waals surface area contributed by atoms with Crippen LogP contribution in [-0.4, -0.2) is 29.1 Å². The van der Waals surface area contributed by atoms with Crippen LogP contribution in [0.4, 0.5) is 5.95 Å². The molecule has 3 aromatic rings. The zero-order valence-corrected chi connectivity index (χ0v) is 17.9. The summed E-state index contributed by atoms with van der Waals surface area (Å²) in [5.41, 5.74) is 2.69. The van der Waals surface area contributed by atoms with Crippen LogP contribution in [0.3, 0.4) is 0 Å². The van der Waals surface area contributed by atoms with Gasteiger partial charge in [-0.3, -0.25) is 4.79 Å². The van der Waals surface area contributed by atoms with Crippen LogP contribution in [0.5, 0.6) is 0 Å². The first-order valence-electron chi connectivity index (χ1n) is 9.55. The Morgan fingerprint density at radius 1 is 1.14 bits per heavy atom. The van der Waals surface area contributed by atoms with Crippen LogP contribution in [0.25, 0.3) is 10.9 Å². The zero-order valence-electron chi connectivity index (χ0n) is 17.1. The summed E-state index contributed by atoms with van der Waals surface area (Å²) in [6.45, 7) is 7.58. The largest absolute Gasteiger partial charge is 0.347 e. The first kappa shape index (κ1) is 21.0. The number of hydrogen-bond acceptors (Lipinski definition) is 6. The van der Waals surface area contributed by atoms with Crippen molar-refractivity contribution in [1.82, 2.24) is 15.0 Å². The molecule has 2 heterocycles. The fourth-order valence-electron chi connectivity index (χ4n) is 3.27. The van der Waals surface area contributed by atoms with E-state index in [1.807, 2.05) is 52.0 Å². The lowest BCUT2D eigenvalue weighted by atomic mass is 10.1. The van der Waals surface area contributed by atoms with Gasteiger partial charge < -0.3 is 10.3 Å². The number of aryl methyl sites for hydroxylation is 1. The van der Waals surface area contributed by atoms with Gasteiger partial charge in [-0.05, 0) is 49.4 Å². The minimum Gasteiger partial charge on any atom is -0.347 e. The highest BCUT2D eigenvalue weighted by atomic mass is 32.2. The van der Waals surface area contributed by atoms with E-state index in [1.165, 1.54) is 6.20 Å². The number of H-pyrrole nitrogens is 1.